The molecule has 3 heteroatoms. The quantitative estimate of drug-likeness (QED) is 0.543. The molecule has 0 heterocycles. The molecule has 6 unspecified atom stereocenters. The van der Waals surface area contributed by atoms with E-state index in [1.165, 1.54) is 11.1 Å². The number of allylic oxidation sites excluding steroid dienone is 4. The average Bonchev–Trinajstić information content (AvgIpc) is 2.90. The molecule has 0 aromatic heterocycles. The zero-order chi connectivity index (χ0) is 18.9. The van der Waals surface area contributed by atoms with Crippen molar-refractivity contribution in [2.45, 2.75) is 66.2 Å². The average molecular weight is 354 g/mol. The van der Waals surface area contributed by atoms with Crippen LogP contribution in [0.4, 0.5) is 0 Å². The second-order valence-corrected chi connectivity index (χ2v) is 9.72. The van der Waals surface area contributed by atoms with Crippen molar-refractivity contribution in [1.82, 2.24) is 0 Å². The molecule has 140 valence electrons. The van der Waals surface area contributed by atoms with E-state index in [1.54, 1.807) is 6.92 Å². The first-order valence-corrected chi connectivity index (χ1v) is 10.1. The van der Waals surface area contributed by atoms with Crippen LogP contribution in [0, 0.1) is 34.0 Å². The summed E-state index contributed by atoms with van der Waals surface area (Å²) in [4.78, 5) is 36.6. The molecule has 0 aromatic rings. The number of hydrogen-bond acceptors (Lipinski definition) is 3. The Bertz CT molecular complexity index is 759. The van der Waals surface area contributed by atoms with Crippen LogP contribution in [0.5, 0.6) is 0 Å². The van der Waals surface area contributed by atoms with Gasteiger partial charge in [-0.05, 0) is 86.2 Å². The van der Waals surface area contributed by atoms with Crippen LogP contribution in [0.15, 0.2) is 23.3 Å². The summed E-state index contributed by atoms with van der Waals surface area (Å²) in [6, 6.07) is 0. The minimum atomic E-state index is -0.802. The Hall–Kier alpha value is -1.51. The predicted octanol–water partition coefficient (Wildman–Crippen LogP) is 4.46. The summed E-state index contributed by atoms with van der Waals surface area (Å²) in [7, 11) is 0. The molecule has 0 saturated heterocycles. The van der Waals surface area contributed by atoms with Crippen LogP contribution in [-0.2, 0) is 14.4 Å². The molecule has 4 rings (SSSR count). The van der Waals surface area contributed by atoms with Gasteiger partial charge in [-0.25, -0.2) is 0 Å². The van der Waals surface area contributed by atoms with E-state index in [0.717, 1.165) is 32.0 Å². The highest BCUT2D eigenvalue weighted by molar-refractivity contribution is 5.98. The van der Waals surface area contributed by atoms with Gasteiger partial charge in [-0.2, -0.15) is 0 Å². The number of ketones is 2. The van der Waals surface area contributed by atoms with Crippen LogP contribution in [0.25, 0.3) is 0 Å². The summed E-state index contributed by atoms with van der Waals surface area (Å²) in [5.74, 6) is 1.59. The highest BCUT2D eigenvalue weighted by Gasteiger charge is 2.65. The van der Waals surface area contributed by atoms with Crippen molar-refractivity contribution in [3.8, 4) is 0 Å². The van der Waals surface area contributed by atoms with E-state index in [9.17, 15) is 14.4 Å². The molecule has 0 radical (unpaired) electrons. The molecular formula is C23H30O3. The van der Waals surface area contributed by atoms with Gasteiger partial charge in [0.2, 0.25) is 0 Å². The van der Waals surface area contributed by atoms with Gasteiger partial charge in [-0.1, -0.05) is 25.5 Å². The van der Waals surface area contributed by atoms with Gasteiger partial charge in [-0.15, -0.1) is 0 Å². The van der Waals surface area contributed by atoms with Crippen molar-refractivity contribution in [3.63, 3.8) is 0 Å². The molecule has 0 N–H and O–H groups in total. The molecule has 4 aliphatic rings. The summed E-state index contributed by atoms with van der Waals surface area (Å²) in [6.45, 7) is 8.27. The summed E-state index contributed by atoms with van der Waals surface area (Å²) >= 11 is 0. The minimum Gasteiger partial charge on any atom is -0.302 e. The predicted molar refractivity (Wildman–Crippen MR) is 100 cm³/mol. The molecule has 2 saturated carbocycles. The van der Waals surface area contributed by atoms with E-state index in [1.807, 2.05) is 6.08 Å². The summed E-state index contributed by atoms with van der Waals surface area (Å²) < 4.78 is 0. The Morgan fingerprint density at radius 1 is 1.15 bits per heavy atom. The molecule has 0 bridgehead atoms. The Morgan fingerprint density at radius 3 is 2.50 bits per heavy atom. The molecule has 26 heavy (non-hydrogen) atoms. The first-order valence-electron chi connectivity index (χ1n) is 10.1. The molecule has 4 aliphatic carbocycles. The number of rotatable bonds is 2. The van der Waals surface area contributed by atoms with Gasteiger partial charge < -0.3 is 4.79 Å². The highest BCUT2D eigenvalue weighted by atomic mass is 16.1. The largest absolute Gasteiger partial charge is 0.302 e. The normalized spacial score (nSPS) is 47.2. The Balaban J connectivity index is 1.81. The monoisotopic (exact) mass is 354 g/mol. The van der Waals surface area contributed by atoms with Gasteiger partial charge in [-0.3, -0.25) is 9.59 Å². The summed E-state index contributed by atoms with van der Waals surface area (Å²) in [5, 5.41) is 0. The van der Waals surface area contributed by atoms with Gasteiger partial charge in [0, 0.05) is 6.42 Å². The van der Waals surface area contributed by atoms with Crippen LogP contribution in [0.1, 0.15) is 66.2 Å². The SMILES string of the molecule is CC(=O)C1(C=O)CCC2C3C=C(C)C4=CC(=O)CCC4(C)C3CCC21C. The van der Waals surface area contributed by atoms with Crippen LogP contribution in [-0.4, -0.2) is 17.9 Å². The third-order valence-corrected chi connectivity index (χ3v) is 8.92. The van der Waals surface area contributed by atoms with Crippen molar-refractivity contribution < 1.29 is 14.4 Å². The lowest BCUT2D eigenvalue weighted by atomic mass is 9.46. The van der Waals surface area contributed by atoms with Crippen LogP contribution >= 0.6 is 0 Å². The van der Waals surface area contributed by atoms with E-state index in [0.29, 0.717) is 30.6 Å². The highest BCUT2D eigenvalue weighted by Crippen LogP contribution is 2.69. The topological polar surface area (TPSA) is 51.2 Å². The minimum absolute atomic E-state index is 0.0440. The Morgan fingerprint density at radius 2 is 1.85 bits per heavy atom. The standard InChI is InChI=1S/C23H30O3/c1-14-11-17-18(21(3)8-5-16(26)12-20(14)21)6-9-22(4)19(17)7-10-23(22,13-24)15(2)25/h11-13,17-19H,5-10H2,1-4H3. The molecule has 0 aromatic carbocycles. The van der Waals surface area contributed by atoms with Crippen LogP contribution in [0.3, 0.4) is 0 Å². The fourth-order valence-electron chi connectivity index (χ4n) is 7.35. The number of Topliss-reactive ketones (excluding diaryl/α,β-unsaturated/α-hetero) is 1. The first kappa shape index (κ1) is 17.9. The van der Waals surface area contributed by atoms with Gasteiger partial charge in [0.25, 0.3) is 0 Å². The second kappa shape index (κ2) is 5.50. The fraction of sp³-hybridized carbons (Fsp3) is 0.696. The molecule has 6 atom stereocenters. The van der Waals surface area contributed by atoms with Gasteiger partial charge in [0.05, 0.1) is 5.41 Å². The first-order chi connectivity index (χ1) is 12.2. The fourth-order valence-corrected chi connectivity index (χ4v) is 7.35. The maximum Gasteiger partial charge on any atom is 0.156 e. The number of carbonyl (C=O) groups is 3. The van der Waals surface area contributed by atoms with E-state index < -0.39 is 5.41 Å². The lowest BCUT2D eigenvalue weighted by Crippen LogP contribution is -2.54. The molecule has 3 nitrogen and oxygen atoms in total. The number of aldehydes is 1. The zero-order valence-electron chi connectivity index (χ0n) is 16.4. The molecule has 0 amide bonds. The summed E-state index contributed by atoms with van der Waals surface area (Å²) in [5.41, 5.74) is 1.49. The smallest absolute Gasteiger partial charge is 0.156 e. The van der Waals surface area contributed by atoms with Crippen molar-refractivity contribution in [1.29, 1.82) is 0 Å². The number of carbonyl (C=O) groups excluding carboxylic acids is 3. The molecule has 0 aliphatic heterocycles. The second-order valence-electron chi connectivity index (χ2n) is 9.72. The van der Waals surface area contributed by atoms with Crippen molar-refractivity contribution in [2.24, 2.45) is 34.0 Å². The van der Waals surface area contributed by atoms with E-state index in [2.05, 4.69) is 26.8 Å². The van der Waals surface area contributed by atoms with Gasteiger partial charge in [0.15, 0.2) is 5.78 Å². The maximum absolute atomic E-state index is 12.5. The molecular weight excluding hydrogens is 324 g/mol. The van der Waals surface area contributed by atoms with Gasteiger partial charge >= 0.3 is 0 Å². The van der Waals surface area contributed by atoms with Crippen LogP contribution < -0.4 is 0 Å². The van der Waals surface area contributed by atoms with Crippen molar-refractivity contribution >= 4 is 17.9 Å². The Kier molecular flexibility index (Phi) is 3.78. The van der Waals surface area contributed by atoms with Crippen molar-refractivity contribution in [3.05, 3.63) is 23.3 Å². The van der Waals surface area contributed by atoms with Gasteiger partial charge in [0.1, 0.15) is 12.1 Å². The molecule has 0 spiro atoms. The van der Waals surface area contributed by atoms with E-state index in [4.69, 9.17) is 0 Å². The third-order valence-electron chi connectivity index (χ3n) is 8.92. The zero-order valence-corrected chi connectivity index (χ0v) is 16.4. The third kappa shape index (κ3) is 1.98. The van der Waals surface area contributed by atoms with Crippen LogP contribution in [0.2, 0.25) is 0 Å². The number of hydrogen-bond donors (Lipinski definition) is 0. The Labute approximate surface area is 156 Å². The van der Waals surface area contributed by atoms with Crippen molar-refractivity contribution in [2.75, 3.05) is 0 Å². The number of fused-ring (bicyclic) bond motifs is 5. The van der Waals surface area contributed by atoms with E-state index >= 15 is 0 Å². The molecule has 2 fully saturated rings. The van der Waals surface area contributed by atoms with E-state index in [-0.39, 0.29) is 22.4 Å². The maximum atomic E-state index is 12.5. The lowest BCUT2D eigenvalue weighted by Gasteiger charge is -2.57. The lowest BCUT2D eigenvalue weighted by molar-refractivity contribution is -0.145. The summed E-state index contributed by atoms with van der Waals surface area (Å²) in [6.07, 6.45) is 10.4.